The first-order valence-electron chi connectivity index (χ1n) is 33.7. The number of phosphoric ester groups is 2. The van der Waals surface area contributed by atoms with Crippen LogP contribution < -0.4 is 0 Å². The molecule has 498 valence electrons. The van der Waals surface area contributed by atoms with Crippen molar-refractivity contribution in [2.45, 2.75) is 331 Å². The SMILES string of the molecule is CCC(C)CCCCCCCCC(=O)OC[C@H](COP(=O)(O)OC[C@H](O)COP(=O)(O)OC[C@@H](COC(=O)CCCCCCCCCCCC(C)C)OC(=O)CCCCCCCCCCCC(C)C)OC(=O)CCCCCCCCCC(C)C. The van der Waals surface area contributed by atoms with Crippen LogP contribution in [0.15, 0.2) is 0 Å². The first-order chi connectivity index (χ1) is 40.1. The molecule has 0 saturated carbocycles. The van der Waals surface area contributed by atoms with E-state index in [-0.39, 0.29) is 25.7 Å². The van der Waals surface area contributed by atoms with Gasteiger partial charge in [0, 0.05) is 25.7 Å². The smallest absolute Gasteiger partial charge is 0.462 e. The van der Waals surface area contributed by atoms with Crippen molar-refractivity contribution in [1.29, 1.82) is 0 Å². The third kappa shape index (κ3) is 57.8. The van der Waals surface area contributed by atoms with Crippen LogP contribution in [0.2, 0.25) is 0 Å². The molecule has 0 radical (unpaired) electrons. The summed E-state index contributed by atoms with van der Waals surface area (Å²) in [7, 11) is -9.89. The Morgan fingerprint density at radius 2 is 0.571 bits per heavy atom. The molecule has 0 saturated heterocycles. The second kappa shape index (κ2) is 55.2. The standard InChI is InChI=1S/C65H126O17P2/c1-9-58(8)44-36-28-23-24-30-38-46-63(68)76-52-61(82-65(70)48-40-32-22-16-19-27-35-43-57(6)7)54-80-84(73,74)78-50-59(66)49-77-83(71,72)79-53-60(81-64(69)47-39-31-21-15-11-13-18-26-34-42-56(4)5)51-75-62(67)45-37-29-20-14-10-12-17-25-33-41-55(2)3/h55-61,66H,9-54H2,1-8H3,(H,71,72)(H,73,74)/t58?,59-,60-,61-/m1/s1. The van der Waals surface area contributed by atoms with E-state index in [9.17, 15) is 43.2 Å². The van der Waals surface area contributed by atoms with Crippen LogP contribution in [-0.2, 0) is 65.4 Å². The Hall–Kier alpha value is -1.94. The van der Waals surface area contributed by atoms with E-state index in [1.54, 1.807) is 0 Å². The van der Waals surface area contributed by atoms with E-state index in [0.29, 0.717) is 31.6 Å². The molecule has 6 atom stereocenters. The molecule has 0 spiro atoms. The number of esters is 4. The lowest BCUT2D eigenvalue weighted by atomic mass is 10.00. The second-order valence-corrected chi connectivity index (χ2v) is 28.1. The van der Waals surface area contributed by atoms with Crippen molar-refractivity contribution in [3.05, 3.63) is 0 Å². The quantitative estimate of drug-likeness (QED) is 0.0222. The van der Waals surface area contributed by atoms with Gasteiger partial charge in [-0.3, -0.25) is 37.3 Å². The van der Waals surface area contributed by atoms with Crippen LogP contribution >= 0.6 is 15.6 Å². The summed E-state index contributed by atoms with van der Waals surface area (Å²) < 4.78 is 68.0. The van der Waals surface area contributed by atoms with E-state index < -0.39 is 97.5 Å². The number of aliphatic hydroxyl groups is 1. The zero-order valence-electron chi connectivity index (χ0n) is 54.5. The van der Waals surface area contributed by atoms with Crippen molar-refractivity contribution >= 4 is 39.5 Å². The highest BCUT2D eigenvalue weighted by Gasteiger charge is 2.30. The summed E-state index contributed by atoms with van der Waals surface area (Å²) in [6, 6.07) is 0. The van der Waals surface area contributed by atoms with Gasteiger partial charge >= 0.3 is 39.5 Å². The van der Waals surface area contributed by atoms with Crippen molar-refractivity contribution in [2.24, 2.45) is 23.7 Å². The van der Waals surface area contributed by atoms with Crippen LogP contribution in [0.1, 0.15) is 312 Å². The van der Waals surface area contributed by atoms with Crippen LogP contribution in [0, 0.1) is 23.7 Å². The number of ether oxygens (including phenoxy) is 4. The highest BCUT2D eigenvalue weighted by atomic mass is 31.2. The van der Waals surface area contributed by atoms with Gasteiger partial charge in [0.2, 0.25) is 0 Å². The van der Waals surface area contributed by atoms with Crippen LogP contribution in [0.4, 0.5) is 0 Å². The van der Waals surface area contributed by atoms with E-state index in [1.165, 1.54) is 109 Å². The minimum atomic E-state index is -4.95. The lowest BCUT2D eigenvalue weighted by Gasteiger charge is -2.21. The number of carbonyl (C=O) groups excluding carboxylic acids is 4. The average Bonchev–Trinajstić information content (AvgIpc) is 3.44. The number of aliphatic hydroxyl groups excluding tert-OH is 1. The Balaban J connectivity index is 5.26. The van der Waals surface area contributed by atoms with Crippen molar-refractivity contribution in [3.8, 4) is 0 Å². The highest BCUT2D eigenvalue weighted by Crippen LogP contribution is 2.45. The zero-order chi connectivity index (χ0) is 62.5. The molecule has 0 amide bonds. The van der Waals surface area contributed by atoms with Crippen LogP contribution in [-0.4, -0.2) is 96.7 Å². The summed E-state index contributed by atoms with van der Waals surface area (Å²) in [5.41, 5.74) is 0. The van der Waals surface area contributed by atoms with Gasteiger partial charge in [0.15, 0.2) is 12.2 Å². The minimum Gasteiger partial charge on any atom is -0.462 e. The Labute approximate surface area is 511 Å². The van der Waals surface area contributed by atoms with Crippen molar-refractivity contribution in [3.63, 3.8) is 0 Å². The Morgan fingerprint density at radius 3 is 0.845 bits per heavy atom. The molecule has 3 unspecified atom stereocenters. The molecule has 0 bridgehead atoms. The van der Waals surface area contributed by atoms with E-state index in [1.807, 2.05) is 0 Å². The molecule has 0 fully saturated rings. The normalized spacial score (nSPS) is 14.7. The molecule has 0 heterocycles. The molecule has 0 aromatic heterocycles. The summed E-state index contributed by atoms with van der Waals surface area (Å²) in [6.45, 7) is 14.0. The van der Waals surface area contributed by atoms with E-state index in [0.717, 1.165) is 114 Å². The number of hydrogen-bond donors (Lipinski definition) is 3. The van der Waals surface area contributed by atoms with Gasteiger partial charge in [-0.15, -0.1) is 0 Å². The number of hydrogen-bond acceptors (Lipinski definition) is 15. The molecule has 3 N–H and O–H groups in total. The summed E-state index contributed by atoms with van der Waals surface area (Å²) in [5, 5.41) is 10.5. The fourth-order valence-electron chi connectivity index (χ4n) is 9.57. The Morgan fingerprint density at radius 1 is 0.333 bits per heavy atom. The monoisotopic (exact) mass is 1240 g/mol. The fourth-order valence-corrected chi connectivity index (χ4v) is 11.2. The molecule has 84 heavy (non-hydrogen) atoms. The van der Waals surface area contributed by atoms with E-state index in [4.69, 9.17) is 37.0 Å². The maximum atomic E-state index is 13.0. The van der Waals surface area contributed by atoms with Gasteiger partial charge in [0.25, 0.3) is 0 Å². The maximum absolute atomic E-state index is 13.0. The molecule has 0 aromatic rings. The fraction of sp³-hybridized carbons (Fsp3) is 0.938. The zero-order valence-corrected chi connectivity index (χ0v) is 56.3. The predicted octanol–water partition coefficient (Wildman–Crippen LogP) is 17.8. The first-order valence-corrected chi connectivity index (χ1v) is 36.7. The van der Waals surface area contributed by atoms with Crippen LogP contribution in [0.5, 0.6) is 0 Å². The van der Waals surface area contributed by atoms with Gasteiger partial charge < -0.3 is 33.8 Å². The minimum absolute atomic E-state index is 0.102. The highest BCUT2D eigenvalue weighted by molar-refractivity contribution is 7.47. The molecular formula is C65H126O17P2. The largest absolute Gasteiger partial charge is 0.472 e. The van der Waals surface area contributed by atoms with Gasteiger partial charge in [0.05, 0.1) is 26.4 Å². The van der Waals surface area contributed by atoms with Gasteiger partial charge in [0.1, 0.15) is 19.3 Å². The third-order valence-corrected chi connectivity index (χ3v) is 17.1. The number of unbranched alkanes of at least 4 members (excludes halogenated alkanes) is 27. The van der Waals surface area contributed by atoms with Crippen LogP contribution in [0.3, 0.4) is 0 Å². The summed E-state index contributed by atoms with van der Waals surface area (Å²) in [6.07, 6.45) is 35.0. The molecule has 19 heteroatoms. The van der Waals surface area contributed by atoms with Crippen LogP contribution in [0.25, 0.3) is 0 Å². The molecule has 0 aliphatic heterocycles. The lowest BCUT2D eigenvalue weighted by molar-refractivity contribution is -0.161. The summed E-state index contributed by atoms with van der Waals surface area (Å²) in [4.78, 5) is 72.3. The molecule has 0 aromatic carbocycles. The predicted molar refractivity (Wildman–Crippen MR) is 335 cm³/mol. The molecular weight excluding hydrogens is 1110 g/mol. The number of rotatable bonds is 62. The van der Waals surface area contributed by atoms with Gasteiger partial charge in [-0.25, -0.2) is 9.13 Å². The van der Waals surface area contributed by atoms with E-state index in [2.05, 4.69) is 55.4 Å². The average molecular weight is 1240 g/mol. The Kier molecular flexibility index (Phi) is 53.9. The molecule has 0 rings (SSSR count). The lowest BCUT2D eigenvalue weighted by Crippen LogP contribution is -2.30. The number of carbonyl (C=O) groups is 4. The van der Waals surface area contributed by atoms with Crippen molar-refractivity contribution < 1.29 is 80.2 Å². The van der Waals surface area contributed by atoms with Crippen molar-refractivity contribution in [1.82, 2.24) is 0 Å². The maximum Gasteiger partial charge on any atom is 0.472 e. The third-order valence-electron chi connectivity index (χ3n) is 15.2. The van der Waals surface area contributed by atoms with Gasteiger partial charge in [-0.2, -0.15) is 0 Å². The summed E-state index contributed by atoms with van der Waals surface area (Å²) >= 11 is 0. The van der Waals surface area contributed by atoms with Gasteiger partial charge in [-0.1, -0.05) is 261 Å². The molecule has 0 aliphatic rings. The van der Waals surface area contributed by atoms with Gasteiger partial charge in [-0.05, 0) is 49.4 Å². The topological polar surface area (TPSA) is 237 Å². The van der Waals surface area contributed by atoms with Crippen molar-refractivity contribution in [2.75, 3.05) is 39.6 Å². The first kappa shape index (κ1) is 82.1. The Bertz CT molecular complexity index is 1680. The number of phosphoric acid groups is 2. The second-order valence-electron chi connectivity index (χ2n) is 25.2. The molecule has 17 nitrogen and oxygen atoms in total. The van der Waals surface area contributed by atoms with E-state index >= 15 is 0 Å². The summed E-state index contributed by atoms with van der Waals surface area (Å²) in [5.74, 6) is 0.767. The molecule has 0 aliphatic carbocycles.